The van der Waals surface area contributed by atoms with E-state index in [0.29, 0.717) is 30.4 Å². The molecule has 7 nitrogen and oxygen atoms in total. The van der Waals surface area contributed by atoms with E-state index >= 15 is 0 Å². The number of furan rings is 1. The van der Waals surface area contributed by atoms with Crippen LogP contribution in [-0.4, -0.2) is 37.4 Å². The standard InChI is InChI=1S/C22H31F2N3O4.HI/c1-6-25-21(27-13-22(5,28)17-10-14(3)30-15(17)4)26-12-16-8-9-18(31-20(23)24)19(11-16)29-7-2;/h8-11,20,28H,6-7,12-13H2,1-5H3,(H2,25,26,27);1H. The Morgan fingerprint density at radius 3 is 2.47 bits per heavy atom. The maximum Gasteiger partial charge on any atom is 0.387 e. The maximum absolute atomic E-state index is 12.6. The van der Waals surface area contributed by atoms with Crippen LogP contribution in [-0.2, 0) is 12.1 Å². The molecule has 2 aromatic rings. The van der Waals surface area contributed by atoms with E-state index in [1.807, 2.05) is 26.8 Å². The fraction of sp³-hybridized carbons (Fsp3) is 0.500. The lowest BCUT2D eigenvalue weighted by atomic mass is 9.96. The highest BCUT2D eigenvalue weighted by Gasteiger charge is 2.27. The van der Waals surface area contributed by atoms with Crippen LogP contribution in [0.15, 0.2) is 33.7 Å². The third kappa shape index (κ3) is 8.12. The van der Waals surface area contributed by atoms with Gasteiger partial charge in [0.2, 0.25) is 0 Å². The number of ether oxygens (including phenoxy) is 2. The summed E-state index contributed by atoms with van der Waals surface area (Å²) in [5.41, 5.74) is 0.314. The minimum Gasteiger partial charge on any atom is -0.490 e. The van der Waals surface area contributed by atoms with E-state index in [4.69, 9.17) is 9.15 Å². The first-order valence-corrected chi connectivity index (χ1v) is 10.2. The summed E-state index contributed by atoms with van der Waals surface area (Å²) in [6.45, 7) is 7.55. The van der Waals surface area contributed by atoms with E-state index in [-0.39, 0.29) is 48.6 Å². The minimum absolute atomic E-state index is 0. The molecule has 0 radical (unpaired) electrons. The van der Waals surface area contributed by atoms with Crippen LogP contribution >= 0.6 is 24.0 Å². The maximum atomic E-state index is 12.6. The summed E-state index contributed by atoms with van der Waals surface area (Å²) in [6, 6.07) is 6.54. The largest absolute Gasteiger partial charge is 0.490 e. The van der Waals surface area contributed by atoms with Crippen molar-refractivity contribution >= 4 is 29.9 Å². The van der Waals surface area contributed by atoms with Crippen molar-refractivity contribution in [2.24, 2.45) is 4.99 Å². The second-order valence-electron chi connectivity index (χ2n) is 7.24. The van der Waals surface area contributed by atoms with Gasteiger partial charge < -0.3 is 29.6 Å². The number of aryl methyl sites for hydroxylation is 2. The smallest absolute Gasteiger partial charge is 0.387 e. The molecule has 3 N–H and O–H groups in total. The molecule has 1 aromatic carbocycles. The molecular formula is C22H32F2IN3O4. The van der Waals surface area contributed by atoms with Crippen LogP contribution in [0.25, 0.3) is 0 Å². The second-order valence-corrected chi connectivity index (χ2v) is 7.24. The van der Waals surface area contributed by atoms with Gasteiger partial charge in [-0.3, -0.25) is 0 Å². The highest BCUT2D eigenvalue weighted by molar-refractivity contribution is 14.0. The minimum atomic E-state index is -2.93. The lowest BCUT2D eigenvalue weighted by molar-refractivity contribution is -0.0514. The quantitative estimate of drug-likeness (QED) is 0.223. The molecule has 0 aliphatic carbocycles. The third-order valence-corrected chi connectivity index (χ3v) is 4.51. The molecule has 0 bridgehead atoms. The average Bonchev–Trinajstić information content (AvgIpc) is 3.04. The van der Waals surface area contributed by atoms with Gasteiger partial charge in [-0.2, -0.15) is 8.78 Å². The van der Waals surface area contributed by atoms with Crippen LogP contribution in [0, 0.1) is 13.8 Å². The Hall–Kier alpha value is -2.08. The van der Waals surface area contributed by atoms with Crippen molar-refractivity contribution in [2.75, 3.05) is 19.7 Å². The van der Waals surface area contributed by atoms with E-state index in [0.717, 1.165) is 11.3 Å². The summed E-state index contributed by atoms with van der Waals surface area (Å²) in [4.78, 5) is 4.52. The van der Waals surface area contributed by atoms with Gasteiger partial charge >= 0.3 is 6.61 Å². The average molecular weight is 567 g/mol. The Bertz CT molecular complexity index is 888. The Morgan fingerprint density at radius 1 is 1.19 bits per heavy atom. The molecule has 1 atom stereocenters. The van der Waals surface area contributed by atoms with Crippen LogP contribution in [0.2, 0.25) is 0 Å². The van der Waals surface area contributed by atoms with Crippen molar-refractivity contribution < 1.29 is 27.8 Å². The van der Waals surface area contributed by atoms with Crippen molar-refractivity contribution in [3.63, 3.8) is 0 Å². The van der Waals surface area contributed by atoms with Crippen molar-refractivity contribution in [1.29, 1.82) is 0 Å². The van der Waals surface area contributed by atoms with Crippen molar-refractivity contribution in [1.82, 2.24) is 10.6 Å². The number of rotatable bonds is 10. The van der Waals surface area contributed by atoms with Gasteiger partial charge in [-0.15, -0.1) is 24.0 Å². The predicted octanol–water partition coefficient (Wildman–Crippen LogP) is 4.48. The lowest BCUT2D eigenvalue weighted by Crippen LogP contribution is -2.44. The van der Waals surface area contributed by atoms with Crippen molar-refractivity contribution in [3.05, 3.63) is 46.9 Å². The molecule has 0 saturated carbocycles. The van der Waals surface area contributed by atoms with E-state index in [1.54, 1.807) is 26.0 Å². The highest BCUT2D eigenvalue weighted by atomic mass is 127. The van der Waals surface area contributed by atoms with E-state index in [9.17, 15) is 13.9 Å². The first-order chi connectivity index (χ1) is 14.7. The van der Waals surface area contributed by atoms with Gasteiger partial charge in [0, 0.05) is 12.1 Å². The summed E-state index contributed by atoms with van der Waals surface area (Å²) in [5, 5.41) is 17.1. The molecular weight excluding hydrogens is 535 g/mol. The molecule has 0 spiro atoms. The molecule has 2 rings (SSSR count). The summed E-state index contributed by atoms with van der Waals surface area (Å²) in [6.07, 6.45) is 0. The van der Waals surface area contributed by atoms with Gasteiger partial charge in [-0.25, -0.2) is 4.99 Å². The van der Waals surface area contributed by atoms with Gasteiger partial charge in [0.25, 0.3) is 0 Å². The fourth-order valence-corrected chi connectivity index (χ4v) is 3.14. The molecule has 0 amide bonds. The molecule has 10 heteroatoms. The van der Waals surface area contributed by atoms with Gasteiger partial charge in [0.05, 0.1) is 19.7 Å². The molecule has 0 aliphatic heterocycles. The monoisotopic (exact) mass is 567 g/mol. The third-order valence-electron chi connectivity index (χ3n) is 4.51. The lowest BCUT2D eigenvalue weighted by Gasteiger charge is -2.24. The molecule has 1 aromatic heterocycles. The van der Waals surface area contributed by atoms with Crippen LogP contribution < -0.4 is 20.1 Å². The van der Waals surface area contributed by atoms with Gasteiger partial charge in [0.1, 0.15) is 17.1 Å². The Morgan fingerprint density at radius 2 is 1.91 bits per heavy atom. The predicted molar refractivity (Wildman–Crippen MR) is 130 cm³/mol. The first kappa shape index (κ1) is 28.0. The number of hydrogen-bond acceptors (Lipinski definition) is 5. The summed E-state index contributed by atoms with van der Waals surface area (Å²) in [5.74, 6) is 2.13. The van der Waals surface area contributed by atoms with Gasteiger partial charge in [-0.05, 0) is 58.4 Å². The molecule has 1 unspecified atom stereocenters. The summed E-state index contributed by atoms with van der Waals surface area (Å²) < 4.78 is 40.6. The Kier molecular flexibility index (Phi) is 11.2. The molecule has 0 saturated heterocycles. The van der Waals surface area contributed by atoms with Gasteiger partial charge in [0.15, 0.2) is 17.5 Å². The number of alkyl halides is 2. The highest BCUT2D eigenvalue weighted by Crippen LogP contribution is 2.30. The zero-order valence-corrected chi connectivity index (χ0v) is 21.3. The van der Waals surface area contributed by atoms with Crippen LogP contribution in [0.4, 0.5) is 8.78 Å². The number of nitrogens with one attached hydrogen (secondary N) is 2. The fourth-order valence-electron chi connectivity index (χ4n) is 3.14. The van der Waals surface area contributed by atoms with Crippen LogP contribution in [0.1, 0.15) is 43.4 Å². The van der Waals surface area contributed by atoms with Crippen molar-refractivity contribution in [3.8, 4) is 11.5 Å². The first-order valence-electron chi connectivity index (χ1n) is 10.2. The SMILES string of the molecule is CCNC(=NCc1ccc(OC(F)F)c(OCC)c1)NCC(C)(O)c1cc(C)oc1C.I. The van der Waals surface area contributed by atoms with Crippen LogP contribution in [0.3, 0.4) is 0 Å². The molecule has 1 heterocycles. The van der Waals surface area contributed by atoms with E-state index in [1.165, 1.54) is 6.07 Å². The Labute approximate surface area is 204 Å². The number of nitrogens with zero attached hydrogens (tertiary/aromatic N) is 1. The Balaban J connectivity index is 0.00000512. The van der Waals surface area contributed by atoms with E-state index in [2.05, 4.69) is 20.4 Å². The number of halogens is 3. The summed E-state index contributed by atoms with van der Waals surface area (Å²) >= 11 is 0. The molecule has 0 fully saturated rings. The topological polar surface area (TPSA) is 88.3 Å². The number of guanidine groups is 1. The van der Waals surface area contributed by atoms with Crippen molar-refractivity contribution in [2.45, 2.75) is 53.4 Å². The van der Waals surface area contributed by atoms with Crippen LogP contribution in [0.5, 0.6) is 11.5 Å². The zero-order chi connectivity index (χ0) is 23.0. The molecule has 180 valence electrons. The molecule has 32 heavy (non-hydrogen) atoms. The number of hydrogen-bond donors (Lipinski definition) is 3. The number of benzene rings is 1. The molecule has 0 aliphatic rings. The summed E-state index contributed by atoms with van der Waals surface area (Å²) in [7, 11) is 0. The second kappa shape index (κ2) is 12.8. The van der Waals surface area contributed by atoms with Gasteiger partial charge in [-0.1, -0.05) is 6.07 Å². The van der Waals surface area contributed by atoms with E-state index < -0.39 is 12.2 Å². The number of aliphatic hydroxyl groups is 1. The number of aliphatic imine (C=N–C) groups is 1. The normalized spacial score (nSPS) is 13.3. The zero-order valence-electron chi connectivity index (χ0n) is 19.0.